The second-order valence-electron chi connectivity index (χ2n) is 3.05. The molecule has 0 rings (SSSR count). The first-order valence-electron chi connectivity index (χ1n) is 4.44. The van der Waals surface area contributed by atoms with Gasteiger partial charge in [-0.15, -0.1) is 12.4 Å². The fraction of sp³-hybridized carbons (Fsp3) is 0.500. The summed E-state index contributed by atoms with van der Waals surface area (Å²) in [6.45, 7) is 0. The van der Waals surface area contributed by atoms with Gasteiger partial charge in [0.2, 0.25) is 0 Å². The molecule has 0 aliphatic carbocycles. The average molecular weight is 438 g/mol. The Kier molecular flexibility index (Phi) is 21.0. The first-order valence-corrected chi connectivity index (χ1v) is 4.44. The average Bonchev–Trinajstić information content (AvgIpc) is 2.16. The summed E-state index contributed by atoms with van der Waals surface area (Å²) in [7, 11) is 0. The molecule has 112 valence electrons. The van der Waals surface area contributed by atoms with Crippen LogP contribution >= 0.6 is 12.4 Å². The predicted octanol–water partition coefficient (Wildman–Crippen LogP) is -4.88. The molecule has 0 aromatic rings. The van der Waals surface area contributed by atoms with Crippen LogP contribution < -0.4 is 21.7 Å². The summed E-state index contributed by atoms with van der Waals surface area (Å²) in [6, 6.07) is -2.80. The van der Waals surface area contributed by atoms with Gasteiger partial charge in [-0.1, -0.05) is 0 Å². The van der Waals surface area contributed by atoms with Crippen LogP contribution in [0.1, 0.15) is 12.8 Å². The molecule has 12 heteroatoms. The molecule has 0 saturated carbocycles. The van der Waals surface area contributed by atoms with Crippen LogP contribution in [0, 0.1) is 0 Å². The van der Waals surface area contributed by atoms with Gasteiger partial charge >= 0.3 is 60.8 Å². The van der Waals surface area contributed by atoms with Gasteiger partial charge in [0.15, 0.2) is 0 Å². The number of halogens is 1. The van der Waals surface area contributed by atoms with Crippen molar-refractivity contribution in [3.05, 3.63) is 0 Å². The number of rotatable bonds is 6. The predicted molar refractivity (Wildman–Crippen MR) is 63.5 cm³/mol. The molecule has 20 heavy (non-hydrogen) atoms. The van der Waals surface area contributed by atoms with Crippen molar-refractivity contribution in [2.45, 2.75) is 24.9 Å². The number of carbonyl (C=O) groups is 4. The number of hydrogen-bond donors (Lipinski definition) is 4. The van der Waals surface area contributed by atoms with Gasteiger partial charge in [0.1, 0.15) is 0 Å². The third-order valence-electron chi connectivity index (χ3n) is 1.39. The molecule has 0 aromatic heterocycles. The molecule has 0 aromatic carbocycles. The van der Waals surface area contributed by atoms with E-state index in [0.717, 1.165) is 0 Å². The maximum atomic E-state index is 9.74. The molecule has 0 heterocycles. The third-order valence-corrected chi connectivity index (χ3v) is 1.39. The molecule has 10 nitrogen and oxygen atoms in total. The van der Waals surface area contributed by atoms with Crippen molar-refractivity contribution >= 4 is 85.2 Å². The summed E-state index contributed by atoms with van der Waals surface area (Å²) in [5.41, 5.74) is 9.55. The molecule has 2 atom stereocenters. The smallest absolute Gasteiger partial charge is 0.548 e. The minimum absolute atomic E-state index is 0. The summed E-state index contributed by atoms with van der Waals surface area (Å²) in [6.07, 6.45) is -1.19. The van der Waals surface area contributed by atoms with Gasteiger partial charge in [-0.2, -0.15) is 0 Å². The van der Waals surface area contributed by atoms with E-state index in [0.29, 0.717) is 0 Å². The zero-order valence-electron chi connectivity index (χ0n) is 10.2. The first-order chi connectivity index (χ1) is 8.07. The van der Waals surface area contributed by atoms with Crippen molar-refractivity contribution in [1.29, 1.82) is 0 Å². The van der Waals surface area contributed by atoms with Crippen LogP contribution in [0.5, 0.6) is 0 Å². The van der Waals surface area contributed by atoms with E-state index in [9.17, 15) is 29.4 Å². The molecule has 0 unspecified atom stereocenters. The van der Waals surface area contributed by atoms with Crippen LogP contribution in [0.3, 0.4) is 0 Å². The number of carboxylic acid groups (broad SMARTS) is 4. The summed E-state index contributed by atoms with van der Waals surface area (Å²) < 4.78 is 0. The number of hydrogen-bond acceptors (Lipinski definition) is 8. The fourth-order valence-electron chi connectivity index (χ4n) is 0.543. The molecular formula is C8H13BaClN2O8. The van der Waals surface area contributed by atoms with Gasteiger partial charge in [-0.25, -0.2) is 0 Å². The van der Waals surface area contributed by atoms with E-state index in [1.54, 1.807) is 0 Å². The standard InChI is InChI=1S/2C4H7NO4.Ba.ClH/c2*5-2(4(8)9)1-3(6)7;;/h2*2H,1,5H2,(H,6,7)(H,8,9);;1H/q;;+2;/p-2/t2*2-;;/m00../s1. The molecule has 0 saturated heterocycles. The maximum absolute atomic E-state index is 9.74. The van der Waals surface area contributed by atoms with E-state index in [-0.39, 0.29) is 61.3 Å². The Hall–Kier alpha value is -0.339. The number of carboxylic acids is 4. The molecule has 6 N–H and O–H groups in total. The van der Waals surface area contributed by atoms with E-state index >= 15 is 0 Å². The summed E-state index contributed by atoms with van der Waals surface area (Å²) in [5, 5.41) is 35.4. The van der Waals surface area contributed by atoms with E-state index in [4.69, 9.17) is 21.7 Å². The van der Waals surface area contributed by atoms with Crippen LogP contribution in [-0.4, -0.2) is 95.1 Å². The molecule has 0 spiro atoms. The molecule has 0 fully saturated rings. The first kappa shape index (κ1) is 27.9. The van der Waals surface area contributed by atoms with Crippen LogP contribution in [-0.2, 0) is 19.2 Å². The zero-order valence-corrected chi connectivity index (χ0v) is 15.4. The van der Waals surface area contributed by atoms with Crippen molar-refractivity contribution in [3.63, 3.8) is 0 Å². The monoisotopic (exact) mass is 438 g/mol. The van der Waals surface area contributed by atoms with Gasteiger partial charge in [-0.3, -0.25) is 9.59 Å². The normalized spacial score (nSPS) is 11.3. The quantitative estimate of drug-likeness (QED) is 0.291. The van der Waals surface area contributed by atoms with Gasteiger partial charge < -0.3 is 41.5 Å². The zero-order chi connectivity index (χ0) is 14.9. The molecule has 0 aliphatic heterocycles. The Balaban J connectivity index is -0.000000116. The number of nitrogens with two attached hydrogens (primary N) is 2. The van der Waals surface area contributed by atoms with Gasteiger partial charge in [-0.05, 0) is 0 Å². The largest absolute Gasteiger partial charge is 2.00 e. The number of carbonyl (C=O) groups excluding carboxylic acids is 2. The molecule has 0 aliphatic rings. The molecule has 0 amide bonds. The molecule has 0 radical (unpaired) electrons. The summed E-state index contributed by atoms with van der Waals surface area (Å²) in [4.78, 5) is 39.0. The van der Waals surface area contributed by atoms with Gasteiger partial charge in [0.05, 0.1) is 36.9 Å². The van der Waals surface area contributed by atoms with Crippen molar-refractivity contribution in [2.75, 3.05) is 0 Å². The van der Waals surface area contributed by atoms with E-state index in [2.05, 4.69) is 0 Å². The SMILES string of the molecule is Cl.N[C@@H](CC(=O)O)C(=O)[O-].N[C@@H](CC(=O)O)C(=O)[O-].[Ba+2]. The second kappa shape index (κ2) is 15.1. The minimum atomic E-state index is -1.54. The summed E-state index contributed by atoms with van der Waals surface area (Å²) >= 11 is 0. The van der Waals surface area contributed by atoms with Crippen LogP contribution in [0.25, 0.3) is 0 Å². The van der Waals surface area contributed by atoms with Gasteiger partial charge in [0, 0.05) is 0 Å². The Morgan fingerprint density at radius 2 is 1.05 bits per heavy atom. The molecule has 0 bridgehead atoms. The van der Waals surface area contributed by atoms with Crippen LogP contribution in [0.4, 0.5) is 0 Å². The van der Waals surface area contributed by atoms with Crippen molar-refractivity contribution in [2.24, 2.45) is 11.5 Å². The Morgan fingerprint density at radius 1 is 0.850 bits per heavy atom. The van der Waals surface area contributed by atoms with E-state index in [1.165, 1.54) is 0 Å². The number of aliphatic carboxylic acids is 4. The van der Waals surface area contributed by atoms with Crippen LogP contribution in [0.2, 0.25) is 0 Å². The molecular weight excluding hydrogens is 425 g/mol. The topological polar surface area (TPSA) is 207 Å². The Labute approximate surface area is 160 Å². The maximum Gasteiger partial charge on any atom is 2.00 e. The van der Waals surface area contributed by atoms with Crippen molar-refractivity contribution < 1.29 is 39.6 Å². The van der Waals surface area contributed by atoms with E-state index < -0.39 is 48.8 Å². The second-order valence-corrected chi connectivity index (χ2v) is 3.05. The van der Waals surface area contributed by atoms with Crippen molar-refractivity contribution in [1.82, 2.24) is 0 Å². The Bertz CT molecular complexity index is 308. The van der Waals surface area contributed by atoms with E-state index in [1.807, 2.05) is 0 Å². The van der Waals surface area contributed by atoms with Crippen molar-refractivity contribution in [3.8, 4) is 0 Å². The third kappa shape index (κ3) is 20.0. The Morgan fingerprint density at radius 3 is 1.10 bits per heavy atom. The fourth-order valence-corrected chi connectivity index (χ4v) is 0.543. The van der Waals surface area contributed by atoms with Gasteiger partial charge in [0.25, 0.3) is 0 Å². The van der Waals surface area contributed by atoms with Crippen LogP contribution in [0.15, 0.2) is 0 Å². The minimum Gasteiger partial charge on any atom is -0.548 e. The summed E-state index contributed by atoms with van der Waals surface area (Å²) in [5.74, 6) is -5.58.